The van der Waals surface area contributed by atoms with Gasteiger partial charge in [-0.15, -0.1) is 0 Å². The van der Waals surface area contributed by atoms with Gasteiger partial charge in [-0.2, -0.15) is 0 Å². The van der Waals surface area contributed by atoms with Gasteiger partial charge in [-0.05, 0) is 53.9 Å². The van der Waals surface area contributed by atoms with E-state index in [1.165, 1.54) is 32.4 Å². The molecule has 0 bridgehead atoms. The number of hydrogen-bond donors (Lipinski definition) is 4. The summed E-state index contributed by atoms with van der Waals surface area (Å²) in [5, 5.41) is 41.7. The normalized spacial score (nSPS) is 10.8. The molecule has 0 unspecified atom stereocenters. The molecule has 0 saturated carbocycles. The molecule has 0 aliphatic heterocycles. The van der Waals surface area contributed by atoms with Gasteiger partial charge in [0.1, 0.15) is 18.1 Å². The topological polar surface area (TPSA) is 109 Å². The Balaban J connectivity index is 1.78. The van der Waals surface area contributed by atoms with Crippen molar-refractivity contribution in [2.75, 3.05) is 14.2 Å². The van der Waals surface area contributed by atoms with Gasteiger partial charge in [0, 0.05) is 11.1 Å². The number of aliphatic hydroxyl groups is 1. The number of methoxy groups -OCH3 is 2. The van der Waals surface area contributed by atoms with Crippen LogP contribution in [-0.2, 0) is 13.2 Å². The summed E-state index contributed by atoms with van der Waals surface area (Å²) >= 11 is 0. The quantitative estimate of drug-likeness (QED) is 0.258. The highest BCUT2D eigenvalue weighted by Gasteiger charge is 2.24. The summed E-state index contributed by atoms with van der Waals surface area (Å²) in [6, 6.07) is 19.1. The van der Waals surface area contributed by atoms with Crippen LogP contribution in [-0.4, -0.2) is 34.6 Å². The van der Waals surface area contributed by atoms with Crippen LogP contribution in [0.4, 0.5) is 0 Å². The van der Waals surface area contributed by atoms with E-state index in [1.807, 2.05) is 31.2 Å². The zero-order valence-corrected chi connectivity index (χ0v) is 20.3. The summed E-state index contributed by atoms with van der Waals surface area (Å²) in [6.07, 6.45) is 0. The first-order valence-electron chi connectivity index (χ1n) is 11.3. The van der Waals surface area contributed by atoms with Gasteiger partial charge >= 0.3 is 0 Å². The third-order valence-corrected chi connectivity index (χ3v) is 5.93. The van der Waals surface area contributed by atoms with Gasteiger partial charge in [0.2, 0.25) is 0 Å². The van der Waals surface area contributed by atoms with Crippen LogP contribution in [0.2, 0.25) is 0 Å². The molecule has 4 aromatic carbocycles. The molecule has 36 heavy (non-hydrogen) atoms. The molecule has 0 spiro atoms. The predicted molar refractivity (Wildman–Crippen MR) is 137 cm³/mol. The van der Waals surface area contributed by atoms with Crippen molar-refractivity contribution in [1.82, 2.24) is 0 Å². The molecule has 186 valence electrons. The summed E-state index contributed by atoms with van der Waals surface area (Å²) in [4.78, 5) is 0. The average molecular weight is 489 g/mol. The Kier molecular flexibility index (Phi) is 7.22. The number of ether oxygens (including phenoxy) is 3. The van der Waals surface area contributed by atoms with Gasteiger partial charge in [0.15, 0.2) is 23.0 Å². The number of phenols is 3. The smallest absolute Gasteiger partial charge is 0.170 e. The molecule has 0 fully saturated rings. The molecule has 0 heterocycles. The number of aliphatic hydroxyl groups excluding tert-OH is 1. The number of benzene rings is 4. The first kappa shape index (κ1) is 24.8. The number of phenolic OH excluding ortho intramolecular Hbond substituents is 3. The minimum Gasteiger partial charge on any atom is -0.508 e. The number of aryl methyl sites for hydroxylation is 1. The summed E-state index contributed by atoms with van der Waals surface area (Å²) in [5.41, 5.74) is 4.34. The summed E-state index contributed by atoms with van der Waals surface area (Å²) in [7, 11) is 2.91. The maximum absolute atomic E-state index is 11.2. The molecule has 0 radical (unpaired) electrons. The molecule has 7 heteroatoms. The largest absolute Gasteiger partial charge is 0.508 e. The van der Waals surface area contributed by atoms with Gasteiger partial charge in [0.05, 0.1) is 26.4 Å². The lowest BCUT2D eigenvalue weighted by Crippen LogP contribution is -2.01. The van der Waals surface area contributed by atoms with E-state index in [1.54, 1.807) is 24.3 Å². The molecule has 0 aliphatic rings. The SMILES string of the molecule is COc1cc(-c2ccc(O)cc2)c(OC)c(O)c1-c1cc(O)c(OCc2ccc(C)cc2)c(CO)c1. The fourth-order valence-electron chi connectivity index (χ4n) is 4.07. The van der Waals surface area contributed by atoms with E-state index < -0.39 is 6.61 Å². The Morgan fingerprint density at radius 3 is 2.06 bits per heavy atom. The molecule has 0 aliphatic carbocycles. The van der Waals surface area contributed by atoms with Crippen LogP contribution in [0.3, 0.4) is 0 Å². The van der Waals surface area contributed by atoms with E-state index in [2.05, 4.69) is 0 Å². The molecule has 4 rings (SSSR count). The van der Waals surface area contributed by atoms with Gasteiger partial charge in [-0.1, -0.05) is 42.0 Å². The van der Waals surface area contributed by atoms with Crippen molar-refractivity contribution >= 4 is 0 Å². The monoisotopic (exact) mass is 488 g/mol. The maximum Gasteiger partial charge on any atom is 0.170 e. The highest BCUT2D eigenvalue weighted by Crippen LogP contribution is 2.51. The molecule has 0 saturated heterocycles. The van der Waals surface area contributed by atoms with Crippen molar-refractivity contribution in [3.05, 3.63) is 83.4 Å². The second-order valence-corrected chi connectivity index (χ2v) is 8.35. The van der Waals surface area contributed by atoms with Gasteiger partial charge in [-0.3, -0.25) is 0 Å². The lowest BCUT2D eigenvalue weighted by Gasteiger charge is -2.19. The molecule has 0 aromatic heterocycles. The molecule has 0 atom stereocenters. The van der Waals surface area contributed by atoms with E-state index >= 15 is 0 Å². The second-order valence-electron chi connectivity index (χ2n) is 8.35. The van der Waals surface area contributed by atoms with Gasteiger partial charge in [0.25, 0.3) is 0 Å². The van der Waals surface area contributed by atoms with Gasteiger partial charge < -0.3 is 34.6 Å². The van der Waals surface area contributed by atoms with E-state index in [-0.39, 0.29) is 40.9 Å². The van der Waals surface area contributed by atoms with Crippen LogP contribution in [0, 0.1) is 6.92 Å². The van der Waals surface area contributed by atoms with Crippen LogP contribution in [0.1, 0.15) is 16.7 Å². The summed E-state index contributed by atoms with van der Waals surface area (Å²) in [6.45, 7) is 1.81. The Hall–Kier alpha value is -4.36. The van der Waals surface area contributed by atoms with Crippen molar-refractivity contribution in [3.63, 3.8) is 0 Å². The maximum atomic E-state index is 11.2. The van der Waals surface area contributed by atoms with E-state index in [0.29, 0.717) is 28.0 Å². The predicted octanol–water partition coefficient (Wildman–Crippen LogP) is 5.53. The third kappa shape index (κ3) is 4.87. The minimum atomic E-state index is -0.392. The van der Waals surface area contributed by atoms with Crippen LogP contribution in [0.25, 0.3) is 22.3 Å². The van der Waals surface area contributed by atoms with E-state index in [0.717, 1.165) is 11.1 Å². The summed E-state index contributed by atoms with van der Waals surface area (Å²) < 4.78 is 17.0. The lowest BCUT2D eigenvalue weighted by molar-refractivity contribution is 0.251. The number of rotatable bonds is 8. The standard InChI is InChI=1S/C29H28O7/c1-17-4-6-18(7-5-17)16-36-28-21(15-30)12-20(13-24(28)32)26-25(34-2)14-23(29(35-3)27(26)33)19-8-10-22(31)11-9-19/h4-14,30-33H,15-16H2,1-3H3. The van der Waals surface area contributed by atoms with Crippen LogP contribution < -0.4 is 14.2 Å². The van der Waals surface area contributed by atoms with Crippen molar-refractivity contribution in [2.24, 2.45) is 0 Å². The van der Waals surface area contributed by atoms with Crippen LogP contribution >= 0.6 is 0 Å². The fourth-order valence-corrected chi connectivity index (χ4v) is 4.07. The molecule has 4 N–H and O–H groups in total. The molecule has 0 amide bonds. The van der Waals surface area contributed by atoms with Crippen LogP contribution in [0.15, 0.2) is 66.7 Å². The Morgan fingerprint density at radius 1 is 0.750 bits per heavy atom. The minimum absolute atomic E-state index is 0.113. The summed E-state index contributed by atoms with van der Waals surface area (Å²) in [5.74, 6) is 0.410. The van der Waals surface area contributed by atoms with Crippen molar-refractivity contribution in [3.8, 4) is 56.8 Å². The van der Waals surface area contributed by atoms with Crippen molar-refractivity contribution in [1.29, 1.82) is 0 Å². The van der Waals surface area contributed by atoms with Crippen molar-refractivity contribution in [2.45, 2.75) is 20.1 Å². The Labute approximate surface area is 209 Å². The Morgan fingerprint density at radius 2 is 1.44 bits per heavy atom. The first-order chi connectivity index (χ1) is 17.4. The highest BCUT2D eigenvalue weighted by atomic mass is 16.5. The molecule has 4 aromatic rings. The first-order valence-corrected chi connectivity index (χ1v) is 11.3. The fraction of sp³-hybridized carbons (Fsp3) is 0.172. The van der Waals surface area contributed by atoms with Crippen LogP contribution in [0.5, 0.6) is 34.5 Å². The average Bonchev–Trinajstić information content (AvgIpc) is 2.88. The molecular formula is C29H28O7. The third-order valence-electron chi connectivity index (χ3n) is 5.93. The van der Waals surface area contributed by atoms with Crippen molar-refractivity contribution < 1.29 is 34.6 Å². The van der Waals surface area contributed by atoms with E-state index in [9.17, 15) is 20.4 Å². The zero-order chi connectivity index (χ0) is 25.8. The Bertz CT molecular complexity index is 1360. The second kappa shape index (κ2) is 10.5. The molecular weight excluding hydrogens is 460 g/mol. The zero-order valence-electron chi connectivity index (χ0n) is 20.3. The van der Waals surface area contributed by atoms with E-state index in [4.69, 9.17) is 14.2 Å². The number of aromatic hydroxyl groups is 3. The van der Waals surface area contributed by atoms with Gasteiger partial charge in [-0.25, -0.2) is 0 Å². The number of hydrogen-bond acceptors (Lipinski definition) is 7. The lowest BCUT2D eigenvalue weighted by atomic mass is 9.95. The molecule has 7 nitrogen and oxygen atoms in total. The highest BCUT2D eigenvalue weighted by molar-refractivity contribution is 5.88.